The third-order valence-electron chi connectivity index (χ3n) is 5.15. The standard InChI is InChI=1S/C27H27N3O7/c1-18(2)14-23(27(33)37-17-19-8-4-3-5-9-19)29-25(31)22(28-26(32)24-12-7-13-36-24)16-20-10-6-11-21(15-20)30(34)35/h3-13,15-16,18,23H,14,17H2,1-2H3,(H,28,32)(H,29,31). The Morgan fingerprint density at radius 1 is 1.05 bits per heavy atom. The second kappa shape index (κ2) is 12.8. The Bertz CT molecular complexity index is 1270. The number of hydrogen-bond donors (Lipinski definition) is 2. The van der Waals surface area contributed by atoms with Crippen LogP contribution in [0.15, 0.2) is 83.1 Å². The summed E-state index contributed by atoms with van der Waals surface area (Å²) < 4.78 is 10.5. The number of carbonyl (C=O) groups is 3. The molecule has 1 aromatic heterocycles. The van der Waals surface area contributed by atoms with Crippen LogP contribution < -0.4 is 10.6 Å². The second-order valence-corrected chi connectivity index (χ2v) is 8.59. The van der Waals surface area contributed by atoms with Gasteiger partial charge in [-0.05, 0) is 41.7 Å². The molecular formula is C27H27N3O7. The predicted octanol–water partition coefficient (Wildman–Crippen LogP) is 4.23. The number of amides is 2. The van der Waals surface area contributed by atoms with Crippen molar-refractivity contribution in [2.45, 2.75) is 32.9 Å². The Kier molecular flexibility index (Phi) is 9.31. The van der Waals surface area contributed by atoms with Crippen molar-refractivity contribution in [2.24, 2.45) is 5.92 Å². The third-order valence-corrected chi connectivity index (χ3v) is 5.15. The van der Waals surface area contributed by atoms with E-state index >= 15 is 0 Å². The first kappa shape index (κ1) is 26.9. The summed E-state index contributed by atoms with van der Waals surface area (Å²) in [5.74, 6) is -2.11. The van der Waals surface area contributed by atoms with E-state index in [1.807, 2.05) is 44.2 Å². The molecule has 3 rings (SSSR count). The Balaban J connectivity index is 1.84. The van der Waals surface area contributed by atoms with E-state index in [2.05, 4.69) is 10.6 Å². The average Bonchev–Trinajstić information content (AvgIpc) is 3.42. The lowest BCUT2D eigenvalue weighted by atomic mass is 10.0. The molecule has 37 heavy (non-hydrogen) atoms. The van der Waals surface area contributed by atoms with Crippen LogP contribution in [0.4, 0.5) is 5.69 Å². The molecule has 192 valence electrons. The summed E-state index contributed by atoms with van der Waals surface area (Å²) in [6, 6.07) is 16.6. The largest absolute Gasteiger partial charge is 0.459 e. The minimum absolute atomic E-state index is 0.0374. The summed E-state index contributed by atoms with van der Waals surface area (Å²) in [4.78, 5) is 49.4. The smallest absolute Gasteiger partial charge is 0.328 e. The molecule has 0 fully saturated rings. The van der Waals surface area contributed by atoms with Crippen molar-refractivity contribution in [3.8, 4) is 0 Å². The van der Waals surface area contributed by atoms with Crippen LogP contribution >= 0.6 is 0 Å². The van der Waals surface area contributed by atoms with Crippen molar-refractivity contribution in [1.29, 1.82) is 0 Å². The SMILES string of the molecule is CC(C)CC(NC(=O)C(=Cc1cccc([N+](=O)[O-])c1)NC(=O)c1ccco1)C(=O)OCc1ccccc1. The highest BCUT2D eigenvalue weighted by molar-refractivity contribution is 6.05. The Morgan fingerprint density at radius 2 is 1.81 bits per heavy atom. The van der Waals surface area contributed by atoms with E-state index in [-0.39, 0.29) is 36.1 Å². The molecule has 0 saturated heterocycles. The Morgan fingerprint density at radius 3 is 2.46 bits per heavy atom. The van der Waals surface area contributed by atoms with Gasteiger partial charge in [-0.3, -0.25) is 19.7 Å². The maximum atomic E-state index is 13.3. The minimum atomic E-state index is -0.995. The van der Waals surface area contributed by atoms with Crippen LogP contribution in [-0.2, 0) is 20.9 Å². The number of rotatable bonds is 11. The van der Waals surface area contributed by atoms with Gasteiger partial charge in [0.25, 0.3) is 17.5 Å². The van der Waals surface area contributed by atoms with E-state index in [1.165, 1.54) is 42.7 Å². The maximum absolute atomic E-state index is 13.3. The summed E-state index contributed by atoms with van der Waals surface area (Å²) in [5.41, 5.74) is 0.674. The van der Waals surface area contributed by atoms with Crippen molar-refractivity contribution in [3.05, 3.63) is 106 Å². The number of nitro benzene ring substituents is 1. The summed E-state index contributed by atoms with van der Waals surface area (Å²) in [6.45, 7) is 3.82. The van der Waals surface area contributed by atoms with Crippen LogP contribution in [0.1, 0.15) is 41.9 Å². The van der Waals surface area contributed by atoms with Gasteiger partial charge < -0.3 is 19.8 Å². The normalized spacial score (nSPS) is 12.0. The molecule has 10 nitrogen and oxygen atoms in total. The Hall–Kier alpha value is -4.73. The molecule has 0 spiro atoms. The van der Waals surface area contributed by atoms with E-state index < -0.39 is 28.7 Å². The molecule has 0 aliphatic carbocycles. The Labute approximate surface area is 213 Å². The maximum Gasteiger partial charge on any atom is 0.328 e. The molecule has 1 unspecified atom stereocenters. The monoisotopic (exact) mass is 505 g/mol. The number of nitro groups is 1. The predicted molar refractivity (Wildman–Crippen MR) is 135 cm³/mol. The number of carbonyl (C=O) groups excluding carboxylic acids is 3. The van der Waals surface area contributed by atoms with Gasteiger partial charge in [0.15, 0.2) is 5.76 Å². The number of non-ortho nitro benzene ring substituents is 1. The molecule has 0 aliphatic heterocycles. The first-order valence-corrected chi connectivity index (χ1v) is 11.6. The van der Waals surface area contributed by atoms with E-state index in [0.717, 1.165) is 5.56 Å². The quantitative estimate of drug-likeness (QED) is 0.172. The van der Waals surface area contributed by atoms with Crippen molar-refractivity contribution in [3.63, 3.8) is 0 Å². The van der Waals surface area contributed by atoms with Gasteiger partial charge in [-0.2, -0.15) is 0 Å². The van der Waals surface area contributed by atoms with E-state index in [0.29, 0.717) is 5.56 Å². The number of nitrogens with zero attached hydrogens (tertiary/aromatic N) is 1. The fraction of sp³-hybridized carbons (Fsp3) is 0.222. The van der Waals surface area contributed by atoms with Gasteiger partial charge >= 0.3 is 5.97 Å². The van der Waals surface area contributed by atoms with Crippen LogP contribution in [0.5, 0.6) is 0 Å². The molecule has 10 heteroatoms. The van der Waals surface area contributed by atoms with Crippen molar-refractivity contribution in [1.82, 2.24) is 10.6 Å². The zero-order valence-corrected chi connectivity index (χ0v) is 20.4. The van der Waals surface area contributed by atoms with Gasteiger partial charge in [0.2, 0.25) is 0 Å². The molecule has 1 heterocycles. The summed E-state index contributed by atoms with van der Waals surface area (Å²) in [7, 11) is 0. The topological polar surface area (TPSA) is 141 Å². The lowest BCUT2D eigenvalue weighted by Crippen LogP contribution is -2.45. The number of esters is 1. The van der Waals surface area contributed by atoms with Crippen molar-refractivity contribution < 1.29 is 28.5 Å². The van der Waals surface area contributed by atoms with Gasteiger partial charge in [0, 0.05) is 12.1 Å². The molecule has 2 amide bonds. The first-order chi connectivity index (χ1) is 17.7. The number of hydrogen-bond acceptors (Lipinski definition) is 7. The molecule has 1 atom stereocenters. The first-order valence-electron chi connectivity index (χ1n) is 11.6. The zero-order chi connectivity index (χ0) is 26.8. The highest BCUT2D eigenvalue weighted by Crippen LogP contribution is 2.16. The van der Waals surface area contributed by atoms with Gasteiger partial charge in [-0.25, -0.2) is 4.79 Å². The molecule has 0 saturated carbocycles. The number of furan rings is 1. The molecule has 2 N–H and O–H groups in total. The number of benzene rings is 2. The third kappa shape index (κ3) is 8.17. The lowest BCUT2D eigenvalue weighted by Gasteiger charge is -2.20. The molecule has 0 aliphatic rings. The van der Waals surface area contributed by atoms with Crippen LogP contribution in [0, 0.1) is 16.0 Å². The number of nitrogens with one attached hydrogen (secondary N) is 2. The zero-order valence-electron chi connectivity index (χ0n) is 20.4. The van der Waals surface area contributed by atoms with Gasteiger partial charge in [-0.15, -0.1) is 0 Å². The highest BCUT2D eigenvalue weighted by Gasteiger charge is 2.26. The lowest BCUT2D eigenvalue weighted by molar-refractivity contribution is -0.384. The fourth-order valence-electron chi connectivity index (χ4n) is 3.40. The highest BCUT2D eigenvalue weighted by atomic mass is 16.6. The van der Waals surface area contributed by atoms with Crippen LogP contribution in [-0.4, -0.2) is 28.7 Å². The van der Waals surface area contributed by atoms with Crippen LogP contribution in [0.2, 0.25) is 0 Å². The van der Waals surface area contributed by atoms with Crippen molar-refractivity contribution >= 4 is 29.5 Å². The second-order valence-electron chi connectivity index (χ2n) is 8.59. The van der Waals surface area contributed by atoms with E-state index in [9.17, 15) is 24.5 Å². The van der Waals surface area contributed by atoms with Gasteiger partial charge in [-0.1, -0.05) is 56.3 Å². The molecule has 0 radical (unpaired) electrons. The summed E-state index contributed by atoms with van der Waals surface area (Å²) >= 11 is 0. The summed E-state index contributed by atoms with van der Waals surface area (Å²) in [6.07, 6.45) is 2.88. The molecule has 3 aromatic rings. The minimum Gasteiger partial charge on any atom is -0.459 e. The van der Waals surface area contributed by atoms with Gasteiger partial charge in [0.1, 0.15) is 18.3 Å². The van der Waals surface area contributed by atoms with Crippen molar-refractivity contribution in [2.75, 3.05) is 0 Å². The molecule has 0 bridgehead atoms. The van der Waals surface area contributed by atoms with E-state index in [4.69, 9.17) is 9.15 Å². The van der Waals surface area contributed by atoms with Crippen LogP contribution in [0.25, 0.3) is 6.08 Å². The fourth-order valence-corrected chi connectivity index (χ4v) is 3.40. The number of ether oxygens (including phenoxy) is 1. The molecule has 2 aromatic carbocycles. The van der Waals surface area contributed by atoms with E-state index in [1.54, 1.807) is 6.07 Å². The van der Waals surface area contributed by atoms with Crippen LogP contribution in [0.3, 0.4) is 0 Å². The van der Waals surface area contributed by atoms with Gasteiger partial charge in [0.05, 0.1) is 11.2 Å². The summed E-state index contributed by atoms with van der Waals surface area (Å²) in [5, 5.41) is 16.3. The average molecular weight is 506 g/mol. The molecular weight excluding hydrogens is 478 g/mol.